The van der Waals surface area contributed by atoms with Crippen LogP contribution in [0.5, 0.6) is 0 Å². The van der Waals surface area contributed by atoms with Crippen LogP contribution in [-0.4, -0.2) is 5.09 Å². The van der Waals surface area contributed by atoms with E-state index in [1.807, 2.05) is 18.2 Å². The molecule has 0 radical (unpaired) electrons. The van der Waals surface area contributed by atoms with Crippen LogP contribution in [0.25, 0.3) is 0 Å². The Bertz CT molecular complexity index is 295. The SMILES string of the molecule is CC(C)(O[N+](=O)[O-])c1ccccc1. The zero-order valence-electron chi connectivity index (χ0n) is 7.56. The molecule has 0 bridgehead atoms. The van der Waals surface area contributed by atoms with Gasteiger partial charge in [-0.25, -0.2) is 0 Å². The third kappa shape index (κ3) is 2.43. The van der Waals surface area contributed by atoms with Gasteiger partial charge in [-0.05, 0) is 19.4 Å². The normalized spacial score (nSPS) is 10.9. The molecule has 0 aliphatic rings. The Balaban J connectivity index is 2.87. The smallest absolute Gasteiger partial charge is 0.295 e. The Morgan fingerprint density at radius 2 is 1.85 bits per heavy atom. The van der Waals surface area contributed by atoms with Crippen molar-refractivity contribution in [3.05, 3.63) is 46.0 Å². The van der Waals surface area contributed by atoms with Crippen LogP contribution in [0, 0.1) is 10.1 Å². The standard InChI is InChI=1S/C9H11NO3/c1-9(2,13-10(11)12)8-6-4-3-5-7-8/h3-7H,1-2H3. The van der Waals surface area contributed by atoms with E-state index in [9.17, 15) is 10.1 Å². The minimum absolute atomic E-state index is 0.771. The molecule has 4 heteroatoms. The summed E-state index contributed by atoms with van der Waals surface area (Å²) in [6, 6.07) is 9.08. The van der Waals surface area contributed by atoms with E-state index in [2.05, 4.69) is 4.84 Å². The fourth-order valence-corrected chi connectivity index (χ4v) is 1.08. The summed E-state index contributed by atoms with van der Waals surface area (Å²) in [5, 5.41) is 9.40. The van der Waals surface area contributed by atoms with Gasteiger partial charge in [0, 0.05) is 0 Å². The first-order valence-corrected chi connectivity index (χ1v) is 3.91. The molecule has 0 N–H and O–H groups in total. The summed E-state index contributed by atoms with van der Waals surface area (Å²) < 4.78 is 0. The Hall–Kier alpha value is -1.58. The van der Waals surface area contributed by atoms with Gasteiger partial charge in [0.25, 0.3) is 5.09 Å². The molecular weight excluding hydrogens is 170 g/mol. The highest BCUT2D eigenvalue weighted by Crippen LogP contribution is 2.23. The van der Waals surface area contributed by atoms with Crippen molar-refractivity contribution in [2.45, 2.75) is 19.4 Å². The van der Waals surface area contributed by atoms with Gasteiger partial charge >= 0.3 is 0 Å². The van der Waals surface area contributed by atoms with Crippen molar-refractivity contribution in [2.24, 2.45) is 0 Å². The predicted molar refractivity (Wildman–Crippen MR) is 47.5 cm³/mol. The lowest BCUT2D eigenvalue weighted by Gasteiger charge is -2.21. The van der Waals surface area contributed by atoms with Gasteiger partial charge in [0.2, 0.25) is 0 Å². The average molecular weight is 181 g/mol. The molecule has 0 aliphatic carbocycles. The van der Waals surface area contributed by atoms with Crippen LogP contribution >= 0.6 is 0 Å². The Kier molecular flexibility index (Phi) is 2.51. The summed E-state index contributed by atoms with van der Waals surface area (Å²) in [6.07, 6.45) is 0. The second kappa shape index (κ2) is 3.43. The predicted octanol–water partition coefficient (Wildman–Crippen LogP) is 2.13. The number of benzene rings is 1. The summed E-state index contributed by atoms with van der Waals surface area (Å²) >= 11 is 0. The van der Waals surface area contributed by atoms with Crippen molar-refractivity contribution in [3.8, 4) is 0 Å². The lowest BCUT2D eigenvalue weighted by molar-refractivity contribution is -0.782. The van der Waals surface area contributed by atoms with Crippen LogP contribution in [0.4, 0.5) is 0 Å². The minimum Gasteiger partial charge on any atom is -0.303 e. The maximum atomic E-state index is 10.2. The van der Waals surface area contributed by atoms with Gasteiger partial charge in [0.15, 0.2) is 0 Å². The minimum atomic E-state index is -0.884. The van der Waals surface area contributed by atoms with Gasteiger partial charge in [-0.15, -0.1) is 10.1 Å². The molecule has 0 atom stereocenters. The summed E-state index contributed by atoms with van der Waals surface area (Å²) in [5.74, 6) is 0. The molecule has 1 aromatic rings. The Morgan fingerprint density at radius 1 is 1.31 bits per heavy atom. The van der Waals surface area contributed by atoms with Crippen LogP contribution in [0.2, 0.25) is 0 Å². The molecule has 1 rings (SSSR count). The first kappa shape index (κ1) is 9.51. The second-order valence-corrected chi connectivity index (χ2v) is 3.19. The molecule has 0 amide bonds. The monoisotopic (exact) mass is 181 g/mol. The van der Waals surface area contributed by atoms with Crippen molar-refractivity contribution >= 4 is 0 Å². The third-order valence-corrected chi connectivity index (χ3v) is 1.77. The lowest BCUT2D eigenvalue weighted by atomic mass is 9.99. The van der Waals surface area contributed by atoms with E-state index in [4.69, 9.17) is 0 Å². The molecule has 0 heterocycles. The Morgan fingerprint density at radius 3 is 2.31 bits per heavy atom. The fourth-order valence-electron chi connectivity index (χ4n) is 1.08. The number of hydrogen-bond acceptors (Lipinski definition) is 3. The second-order valence-electron chi connectivity index (χ2n) is 3.19. The molecule has 4 nitrogen and oxygen atoms in total. The Labute approximate surface area is 76.2 Å². The van der Waals surface area contributed by atoms with Gasteiger partial charge in [0.1, 0.15) is 5.60 Å². The maximum absolute atomic E-state index is 10.2. The first-order valence-electron chi connectivity index (χ1n) is 3.91. The van der Waals surface area contributed by atoms with E-state index < -0.39 is 10.7 Å². The van der Waals surface area contributed by atoms with Crippen LogP contribution in [0.15, 0.2) is 30.3 Å². The first-order chi connectivity index (χ1) is 6.02. The van der Waals surface area contributed by atoms with E-state index in [1.54, 1.807) is 26.0 Å². The van der Waals surface area contributed by atoms with Crippen molar-refractivity contribution in [1.82, 2.24) is 0 Å². The van der Waals surface area contributed by atoms with Crippen LogP contribution in [-0.2, 0) is 10.4 Å². The average Bonchev–Trinajstić information content (AvgIpc) is 2.04. The molecule has 0 unspecified atom stereocenters. The molecule has 0 saturated heterocycles. The highest BCUT2D eigenvalue weighted by Gasteiger charge is 2.24. The maximum Gasteiger partial charge on any atom is 0.295 e. The summed E-state index contributed by atoms with van der Waals surface area (Å²) in [7, 11) is 0. The van der Waals surface area contributed by atoms with Gasteiger partial charge in [-0.1, -0.05) is 30.3 Å². The molecule has 0 spiro atoms. The third-order valence-electron chi connectivity index (χ3n) is 1.77. The van der Waals surface area contributed by atoms with E-state index in [0.29, 0.717) is 0 Å². The van der Waals surface area contributed by atoms with E-state index in [1.165, 1.54) is 0 Å². The van der Waals surface area contributed by atoms with Gasteiger partial charge in [-0.3, -0.25) is 0 Å². The lowest BCUT2D eigenvalue weighted by Crippen LogP contribution is -2.24. The highest BCUT2D eigenvalue weighted by molar-refractivity contribution is 5.20. The number of nitrogens with zero attached hydrogens (tertiary/aromatic N) is 1. The molecule has 70 valence electrons. The number of rotatable bonds is 3. The van der Waals surface area contributed by atoms with Gasteiger partial charge < -0.3 is 4.84 Å². The highest BCUT2D eigenvalue weighted by atomic mass is 17.0. The molecule has 0 aromatic heterocycles. The van der Waals surface area contributed by atoms with E-state index >= 15 is 0 Å². The largest absolute Gasteiger partial charge is 0.303 e. The van der Waals surface area contributed by atoms with E-state index in [-0.39, 0.29) is 0 Å². The zero-order chi connectivity index (χ0) is 9.90. The number of hydrogen-bond donors (Lipinski definition) is 0. The fraction of sp³-hybridized carbons (Fsp3) is 0.333. The quantitative estimate of drug-likeness (QED) is 0.530. The molecule has 13 heavy (non-hydrogen) atoms. The van der Waals surface area contributed by atoms with E-state index in [0.717, 1.165) is 5.56 Å². The topological polar surface area (TPSA) is 52.4 Å². The van der Waals surface area contributed by atoms with Crippen molar-refractivity contribution in [2.75, 3.05) is 0 Å². The molecule has 1 aromatic carbocycles. The van der Waals surface area contributed by atoms with Crippen molar-refractivity contribution in [3.63, 3.8) is 0 Å². The van der Waals surface area contributed by atoms with Crippen LogP contribution in [0.1, 0.15) is 19.4 Å². The summed E-state index contributed by atoms with van der Waals surface area (Å²) in [5.41, 5.74) is -0.100. The summed E-state index contributed by atoms with van der Waals surface area (Å²) in [4.78, 5) is 14.7. The van der Waals surface area contributed by atoms with Crippen LogP contribution < -0.4 is 0 Å². The van der Waals surface area contributed by atoms with Crippen molar-refractivity contribution < 1.29 is 9.92 Å². The molecule has 0 saturated carbocycles. The summed E-state index contributed by atoms with van der Waals surface area (Å²) in [6.45, 7) is 3.32. The molecule has 0 aliphatic heterocycles. The molecular formula is C9H11NO3. The van der Waals surface area contributed by atoms with Gasteiger partial charge in [0.05, 0.1) is 0 Å². The van der Waals surface area contributed by atoms with Crippen molar-refractivity contribution in [1.29, 1.82) is 0 Å². The molecule has 0 fully saturated rings. The zero-order valence-corrected chi connectivity index (χ0v) is 7.56. The van der Waals surface area contributed by atoms with Gasteiger partial charge in [-0.2, -0.15) is 0 Å². The van der Waals surface area contributed by atoms with Crippen LogP contribution in [0.3, 0.4) is 0 Å².